The number of rotatable bonds is 6. The second-order valence-corrected chi connectivity index (χ2v) is 8.93. The lowest BCUT2D eigenvalue weighted by molar-refractivity contribution is -0.141. The number of ether oxygens (including phenoxy) is 1. The fraction of sp³-hybridized carbons (Fsp3) is 0.591. The minimum atomic E-state index is -0.575. The van der Waals surface area contributed by atoms with Crippen LogP contribution in [0.2, 0.25) is 0 Å². The zero-order valence-corrected chi connectivity index (χ0v) is 18.0. The van der Waals surface area contributed by atoms with Gasteiger partial charge in [-0.15, -0.1) is 11.3 Å². The summed E-state index contributed by atoms with van der Waals surface area (Å²) < 4.78 is 5.37. The van der Waals surface area contributed by atoms with Crippen molar-refractivity contribution < 1.29 is 14.3 Å². The number of hydrogen-bond acceptors (Lipinski definition) is 7. The minimum absolute atomic E-state index is 0.0657. The molecule has 0 N–H and O–H groups in total. The van der Waals surface area contributed by atoms with Gasteiger partial charge >= 0.3 is 5.97 Å². The van der Waals surface area contributed by atoms with Crippen molar-refractivity contribution in [2.75, 3.05) is 6.61 Å². The molecule has 4 rings (SSSR count). The van der Waals surface area contributed by atoms with Gasteiger partial charge < -0.3 is 9.64 Å². The van der Waals surface area contributed by atoms with E-state index in [4.69, 9.17) is 4.74 Å². The summed E-state index contributed by atoms with van der Waals surface area (Å²) in [5, 5.41) is 2.18. The maximum absolute atomic E-state index is 13.1. The molecule has 8 heteroatoms. The zero-order valence-electron chi connectivity index (χ0n) is 17.2. The van der Waals surface area contributed by atoms with Crippen LogP contribution in [0, 0.1) is 0 Å². The summed E-state index contributed by atoms with van der Waals surface area (Å²) in [6.45, 7) is -0.222. The largest absolute Gasteiger partial charge is 0.451 e. The predicted molar refractivity (Wildman–Crippen MR) is 114 cm³/mol. The number of nitrogens with zero attached hydrogens (tertiary/aromatic N) is 4. The molecule has 2 aromatic rings. The predicted octanol–water partition coefficient (Wildman–Crippen LogP) is 4.25. The number of thiazole rings is 1. The molecule has 0 radical (unpaired) electrons. The van der Waals surface area contributed by atoms with Crippen LogP contribution < -0.4 is 0 Å². The van der Waals surface area contributed by atoms with Gasteiger partial charge in [0.05, 0.1) is 0 Å². The third kappa shape index (κ3) is 5.03. The second kappa shape index (κ2) is 10.1. The van der Waals surface area contributed by atoms with Crippen LogP contribution in [0.25, 0.3) is 10.8 Å². The molecule has 160 valence electrons. The highest BCUT2D eigenvalue weighted by Crippen LogP contribution is 2.30. The highest BCUT2D eigenvalue weighted by atomic mass is 32.1. The molecule has 2 heterocycles. The lowest BCUT2D eigenvalue weighted by atomic mass is 9.88. The molecule has 0 aliphatic heterocycles. The van der Waals surface area contributed by atoms with E-state index < -0.39 is 5.97 Å². The third-order valence-electron chi connectivity index (χ3n) is 6.02. The Labute approximate surface area is 180 Å². The number of esters is 1. The minimum Gasteiger partial charge on any atom is -0.451 e. The molecular weight excluding hydrogens is 400 g/mol. The zero-order chi connectivity index (χ0) is 20.8. The van der Waals surface area contributed by atoms with Crippen LogP contribution >= 0.6 is 11.3 Å². The molecule has 0 saturated heterocycles. The van der Waals surface area contributed by atoms with E-state index in [0.717, 1.165) is 25.7 Å². The molecule has 1 amide bonds. The Bertz CT molecular complexity index is 827. The summed E-state index contributed by atoms with van der Waals surface area (Å²) in [4.78, 5) is 40.2. The highest BCUT2D eigenvalue weighted by molar-refractivity contribution is 7.13. The van der Waals surface area contributed by atoms with E-state index in [1.165, 1.54) is 49.9 Å². The highest BCUT2D eigenvalue weighted by Gasteiger charge is 2.33. The molecule has 7 nitrogen and oxygen atoms in total. The first-order valence-corrected chi connectivity index (χ1v) is 11.8. The lowest BCUT2D eigenvalue weighted by Gasteiger charge is -2.41. The van der Waals surface area contributed by atoms with E-state index >= 15 is 0 Å². The van der Waals surface area contributed by atoms with Gasteiger partial charge in [0.1, 0.15) is 0 Å². The van der Waals surface area contributed by atoms with E-state index in [9.17, 15) is 9.59 Å². The first kappa shape index (κ1) is 20.9. The Hall–Kier alpha value is -2.35. The molecule has 30 heavy (non-hydrogen) atoms. The summed E-state index contributed by atoms with van der Waals surface area (Å²) in [5.74, 6) is -0.170. The maximum atomic E-state index is 13.1. The fourth-order valence-corrected chi connectivity index (χ4v) is 5.31. The van der Waals surface area contributed by atoms with Gasteiger partial charge in [0.15, 0.2) is 23.1 Å². The molecule has 0 unspecified atom stereocenters. The average molecular weight is 429 g/mol. The SMILES string of the molecule is O=C(OCC(=O)N(C1CCCCC1)C1CCCCC1)c1csc(-c2ncccn2)n1. The molecule has 0 bridgehead atoms. The smallest absolute Gasteiger partial charge is 0.358 e. The van der Waals surface area contributed by atoms with Crippen LogP contribution in [0.3, 0.4) is 0 Å². The summed E-state index contributed by atoms with van der Waals surface area (Å²) in [6, 6.07) is 2.30. The molecular formula is C22H28N4O3S. The third-order valence-corrected chi connectivity index (χ3v) is 6.86. The van der Waals surface area contributed by atoms with Crippen molar-refractivity contribution in [2.24, 2.45) is 0 Å². The van der Waals surface area contributed by atoms with E-state index in [1.807, 2.05) is 0 Å². The van der Waals surface area contributed by atoms with Gasteiger partial charge in [-0.1, -0.05) is 38.5 Å². The topological polar surface area (TPSA) is 85.3 Å². The van der Waals surface area contributed by atoms with Gasteiger partial charge in [-0.25, -0.2) is 19.7 Å². The van der Waals surface area contributed by atoms with Crippen molar-refractivity contribution >= 4 is 23.2 Å². The number of carbonyl (C=O) groups is 2. The Morgan fingerprint density at radius 1 is 0.967 bits per heavy atom. The van der Waals surface area contributed by atoms with Crippen molar-refractivity contribution in [3.63, 3.8) is 0 Å². The summed E-state index contributed by atoms with van der Waals surface area (Å²) in [6.07, 6.45) is 14.7. The van der Waals surface area contributed by atoms with Crippen LogP contribution in [0.15, 0.2) is 23.8 Å². The molecule has 2 saturated carbocycles. The van der Waals surface area contributed by atoms with Crippen LogP contribution in [0.1, 0.15) is 74.7 Å². The standard InChI is InChI=1S/C22H28N4O3S/c27-19(26(16-8-3-1-4-9-16)17-10-5-2-6-11-17)14-29-22(28)18-15-30-21(25-18)20-23-12-7-13-24-20/h7,12-13,15-17H,1-6,8-11,14H2. The summed E-state index contributed by atoms with van der Waals surface area (Å²) >= 11 is 1.28. The Morgan fingerprint density at radius 2 is 1.57 bits per heavy atom. The molecule has 2 aromatic heterocycles. The Kier molecular flexibility index (Phi) is 7.04. The van der Waals surface area contributed by atoms with E-state index in [-0.39, 0.29) is 30.3 Å². The molecule has 2 fully saturated rings. The van der Waals surface area contributed by atoms with Gasteiger partial charge in [-0.2, -0.15) is 0 Å². The maximum Gasteiger partial charge on any atom is 0.358 e. The average Bonchev–Trinajstić information content (AvgIpc) is 3.30. The van der Waals surface area contributed by atoms with Crippen molar-refractivity contribution in [2.45, 2.75) is 76.3 Å². The van der Waals surface area contributed by atoms with Crippen LogP contribution in [-0.4, -0.2) is 50.4 Å². The van der Waals surface area contributed by atoms with Crippen molar-refractivity contribution in [1.82, 2.24) is 19.9 Å². The fourth-order valence-electron chi connectivity index (χ4n) is 4.58. The van der Waals surface area contributed by atoms with E-state index in [0.29, 0.717) is 10.8 Å². The van der Waals surface area contributed by atoms with Crippen molar-refractivity contribution in [3.05, 3.63) is 29.5 Å². The van der Waals surface area contributed by atoms with Gasteiger partial charge in [0, 0.05) is 29.9 Å². The van der Waals surface area contributed by atoms with E-state index in [2.05, 4.69) is 19.9 Å². The quantitative estimate of drug-likeness (QED) is 0.640. The molecule has 0 atom stereocenters. The van der Waals surface area contributed by atoms with E-state index in [1.54, 1.807) is 23.8 Å². The molecule has 0 aromatic carbocycles. The Balaban J connectivity index is 1.38. The van der Waals surface area contributed by atoms with Gasteiger partial charge in [0.25, 0.3) is 5.91 Å². The normalized spacial score (nSPS) is 18.1. The van der Waals surface area contributed by atoms with Gasteiger partial charge in [-0.05, 0) is 31.7 Å². The summed E-state index contributed by atoms with van der Waals surface area (Å²) in [5.41, 5.74) is 0.192. The molecule has 2 aliphatic carbocycles. The summed E-state index contributed by atoms with van der Waals surface area (Å²) in [7, 11) is 0. The molecule has 0 spiro atoms. The number of amides is 1. The lowest BCUT2D eigenvalue weighted by Crippen LogP contribution is -2.50. The second-order valence-electron chi connectivity index (χ2n) is 8.07. The molecule has 2 aliphatic rings. The number of hydrogen-bond donors (Lipinski definition) is 0. The number of carbonyl (C=O) groups excluding carboxylic acids is 2. The van der Waals surface area contributed by atoms with Crippen molar-refractivity contribution in [3.8, 4) is 10.8 Å². The van der Waals surface area contributed by atoms with Crippen LogP contribution in [0.5, 0.6) is 0 Å². The van der Waals surface area contributed by atoms with Crippen molar-refractivity contribution in [1.29, 1.82) is 0 Å². The monoisotopic (exact) mass is 428 g/mol. The first-order valence-electron chi connectivity index (χ1n) is 10.9. The number of aromatic nitrogens is 3. The van der Waals surface area contributed by atoms with Crippen LogP contribution in [-0.2, 0) is 9.53 Å². The Morgan fingerprint density at radius 3 is 2.17 bits per heavy atom. The van der Waals surface area contributed by atoms with Gasteiger partial charge in [-0.3, -0.25) is 4.79 Å². The van der Waals surface area contributed by atoms with Crippen LogP contribution in [0.4, 0.5) is 0 Å². The van der Waals surface area contributed by atoms with Gasteiger partial charge in [0.2, 0.25) is 0 Å². The first-order chi connectivity index (χ1) is 14.7.